The van der Waals surface area contributed by atoms with E-state index in [1.54, 1.807) is 0 Å². The maximum atomic E-state index is 12.2. The molecule has 1 amide bonds. The number of likely N-dealkylation sites (N-methyl/N-ethyl adjacent to an activating group) is 1. The van der Waals surface area contributed by atoms with Crippen molar-refractivity contribution in [3.05, 3.63) is 0 Å². The number of hydrogen-bond donors (Lipinski definition) is 1. The average molecular weight is 226 g/mol. The van der Waals surface area contributed by atoms with E-state index in [1.807, 2.05) is 11.9 Å². The molecule has 16 heavy (non-hydrogen) atoms. The van der Waals surface area contributed by atoms with Gasteiger partial charge in [-0.3, -0.25) is 4.79 Å². The number of nitrogens with one attached hydrogen (secondary N) is 1. The summed E-state index contributed by atoms with van der Waals surface area (Å²) in [5.74, 6) is 0.238. The molecule has 0 aromatic carbocycles. The molecule has 2 saturated heterocycles. The van der Waals surface area contributed by atoms with E-state index in [2.05, 4.69) is 12.2 Å². The second-order valence-electron chi connectivity index (χ2n) is 4.88. The molecule has 2 rings (SSSR count). The summed E-state index contributed by atoms with van der Waals surface area (Å²) in [6.07, 6.45) is 4.48. The molecule has 0 saturated carbocycles. The Hall–Kier alpha value is -0.610. The molecule has 0 radical (unpaired) electrons. The first-order valence-electron chi connectivity index (χ1n) is 6.32. The van der Waals surface area contributed by atoms with Crippen LogP contribution in [0.3, 0.4) is 0 Å². The van der Waals surface area contributed by atoms with Crippen molar-refractivity contribution in [3.63, 3.8) is 0 Å². The molecule has 1 N–H and O–H groups in total. The first kappa shape index (κ1) is 11.9. The minimum Gasteiger partial charge on any atom is -0.376 e. The predicted octanol–water partition coefficient (Wildman–Crippen LogP) is 0.764. The molecule has 0 bridgehead atoms. The van der Waals surface area contributed by atoms with Crippen molar-refractivity contribution < 1.29 is 9.53 Å². The van der Waals surface area contributed by atoms with Crippen LogP contribution >= 0.6 is 0 Å². The Morgan fingerprint density at radius 1 is 1.38 bits per heavy atom. The SMILES string of the molecule is CC1OCCC1N(C)C(=O)[C@@H]1CCCCN1. The third-order valence-electron chi connectivity index (χ3n) is 3.79. The summed E-state index contributed by atoms with van der Waals surface area (Å²) >= 11 is 0. The number of carbonyl (C=O) groups is 1. The molecule has 0 spiro atoms. The van der Waals surface area contributed by atoms with Gasteiger partial charge in [0.05, 0.1) is 18.2 Å². The summed E-state index contributed by atoms with van der Waals surface area (Å²) < 4.78 is 5.51. The van der Waals surface area contributed by atoms with Gasteiger partial charge in [0, 0.05) is 13.7 Å². The first-order valence-corrected chi connectivity index (χ1v) is 6.32. The van der Waals surface area contributed by atoms with Gasteiger partial charge in [-0.25, -0.2) is 0 Å². The Bertz CT molecular complexity index is 251. The largest absolute Gasteiger partial charge is 0.376 e. The van der Waals surface area contributed by atoms with Crippen LogP contribution in [-0.2, 0) is 9.53 Å². The Morgan fingerprint density at radius 3 is 2.75 bits per heavy atom. The molecule has 2 aliphatic rings. The zero-order valence-corrected chi connectivity index (χ0v) is 10.2. The number of nitrogens with zero attached hydrogens (tertiary/aromatic N) is 1. The van der Waals surface area contributed by atoms with Crippen molar-refractivity contribution in [2.24, 2.45) is 0 Å². The van der Waals surface area contributed by atoms with Crippen LogP contribution in [0.5, 0.6) is 0 Å². The van der Waals surface area contributed by atoms with Crippen LogP contribution in [0.25, 0.3) is 0 Å². The molecule has 0 aromatic rings. The lowest BCUT2D eigenvalue weighted by Crippen LogP contribution is -2.51. The maximum absolute atomic E-state index is 12.2. The topological polar surface area (TPSA) is 41.6 Å². The molecular weight excluding hydrogens is 204 g/mol. The smallest absolute Gasteiger partial charge is 0.239 e. The second-order valence-corrected chi connectivity index (χ2v) is 4.88. The fourth-order valence-corrected chi connectivity index (χ4v) is 2.70. The number of carbonyl (C=O) groups excluding carboxylic acids is 1. The fraction of sp³-hybridized carbons (Fsp3) is 0.917. The number of amides is 1. The molecule has 2 heterocycles. The van der Waals surface area contributed by atoms with E-state index >= 15 is 0 Å². The van der Waals surface area contributed by atoms with Crippen LogP contribution in [0.4, 0.5) is 0 Å². The van der Waals surface area contributed by atoms with E-state index in [0.717, 1.165) is 32.4 Å². The van der Waals surface area contributed by atoms with Crippen molar-refractivity contribution in [3.8, 4) is 0 Å². The lowest BCUT2D eigenvalue weighted by atomic mass is 10.0. The molecule has 2 fully saturated rings. The Balaban J connectivity index is 1.92. The number of piperidine rings is 1. The number of rotatable bonds is 2. The predicted molar refractivity (Wildman–Crippen MR) is 62.2 cm³/mol. The van der Waals surface area contributed by atoms with Gasteiger partial charge in [0.1, 0.15) is 0 Å². The van der Waals surface area contributed by atoms with E-state index in [1.165, 1.54) is 6.42 Å². The highest BCUT2D eigenvalue weighted by atomic mass is 16.5. The van der Waals surface area contributed by atoms with Gasteiger partial charge >= 0.3 is 0 Å². The van der Waals surface area contributed by atoms with Crippen molar-refractivity contribution in [2.75, 3.05) is 20.2 Å². The van der Waals surface area contributed by atoms with Gasteiger partial charge in [-0.2, -0.15) is 0 Å². The molecular formula is C12H22N2O2. The van der Waals surface area contributed by atoms with Crippen molar-refractivity contribution in [2.45, 2.75) is 50.8 Å². The van der Waals surface area contributed by atoms with Gasteiger partial charge < -0.3 is 15.0 Å². The first-order chi connectivity index (χ1) is 7.70. The van der Waals surface area contributed by atoms with Crippen LogP contribution in [0.1, 0.15) is 32.6 Å². The van der Waals surface area contributed by atoms with Gasteiger partial charge in [-0.05, 0) is 32.7 Å². The van der Waals surface area contributed by atoms with Gasteiger partial charge in [-0.15, -0.1) is 0 Å². The normalized spacial score (nSPS) is 35.0. The summed E-state index contributed by atoms with van der Waals surface area (Å²) in [6.45, 7) is 3.80. The van der Waals surface area contributed by atoms with E-state index in [0.29, 0.717) is 0 Å². The molecule has 0 aromatic heterocycles. The fourth-order valence-electron chi connectivity index (χ4n) is 2.70. The molecule has 4 heteroatoms. The van der Waals surface area contributed by atoms with Gasteiger partial charge in [-0.1, -0.05) is 6.42 Å². The molecule has 2 aliphatic heterocycles. The number of ether oxygens (including phenoxy) is 1. The third kappa shape index (κ3) is 2.38. The summed E-state index contributed by atoms with van der Waals surface area (Å²) in [7, 11) is 1.91. The standard InChI is InChI=1S/C12H22N2O2/c1-9-11(6-8-16-9)14(2)12(15)10-5-3-4-7-13-10/h9-11,13H,3-8H2,1-2H3/t9?,10-,11?/m0/s1. The Morgan fingerprint density at radius 2 is 2.19 bits per heavy atom. The van der Waals surface area contributed by atoms with Gasteiger partial charge in [0.15, 0.2) is 0 Å². The lowest BCUT2D eigenvalue weighted by molar-refractivity contribution is -0.135. The van der Waals surface area contributed by atoms with Gasteiger partial charge in [0.2, 0.25) is 5.91 Å². The van der Waals surface area contributed by atoms with E-state index in [-0.39, 0.29) is 24.1 Å². The second kappa shape index (κ2) is 5.15. The number of hydrogen-bond acceptors (Lipinski definition) is 3. The van der Waals surface area contributed by atoms with Crippen LogP contribution in [0, 0.1) is 0 Å². The molecule has 0 aliphatic carbocycles. The summed E-state index contributed by atoms with van der Waals surface area (Å²) in [4.78, 5) is 14.1. The maximum Gasteiger partial charge on any atom is 0.239 e. The van der Waals surface area contributed by atoms with Gasteiger partial charge in [0.25, 0.3) is 0 Å². The van der Waals surface area contributed by atoms with Crippen molar-refractivity contribution in [1.82, 2.24) is 10.2 Å². The highest BCUT2D eigenvalue weighted by Crippen LogP contribution is 2.20. The minimum absolute atomic E-state index is 0.0338. The molecule has 4 nitrogen and oxygen atoms in total. The minimum atomic E-state index is 0.0338. The Kier molecular flexibility index (Phi) is 3.82. The zero-order chi connectivity index (χ0) is 11.5. The van der Waals surface area contributed by atoms with Crippen LogP contribution in [-0.4, -0.2) is 49.2 Å². The molecule has 2 unspecified atom stereocenters. The lowest BCUT2D eigenvalue weighted by Gasteiger charge is -2.32. The highest BCUT2D eigenvalue weighted by molar-refractivity contribution is 5.82. The van der Waals surface area contributed by atoms with Crippen LogP contribution in [0.15, 0.2) is 0 Å². The monoisotopic (exact) mass is 226 g/mol. The molecule has 3 atom stereocenters. The molecule has 92 valence electrons. The van der Waals surface area contributed by atoms with Crippen LogP contribution < -0.4 is 5.32 Å². The van der Waals surface area contributed by atoms with Crippen molar-refractivity contribution >= 4 is 5.91 Å². The summed E-state index contributed by atoms with van der Waals surface area (Å²) in [5, 5.41) is 3.31. The quantitative estimate of drug-likeness (QED) is 0.756. The zero-order valence-electron chi connectivity index (χ0n) is 10.2. The average Bonchev–Trinajstić information content (AvgIpc) is 2.75. The van der Waals surface area contributed by atoms with Crippen LogP contribution in [0.2, 0.25) is 0 Å². The summed E-state index contributed by atoms with van der Waals surface area (Å²) in [5.41, 5.74) is 0. The van der Waals surface area contributed by atoms with E-state index in [9.17, 15) is 4.79 Å². The van der Waals surface area contributed by atoms with E-state index in [4.69, 9.17) is 4.74 Å². The summed E-state index contributed by atoms with van der Waals surface area (Å²) in [6, 6.07) is 0.294. The van der Waals surface area contributed by atoms with Crippen molar-refractivity contribution in [1.29, 1.82) is 0 Å². The Labute approximate surface area is 97.3 Å². The highest BCUT2D eigenvalue weighted by Gasteiger charge is 2.33. The van der Waals surface area contributed by atoms with E-state index < -0.39 is 0 Å². The third-order valence-corrected chi connectivity index (χ3v) is 3.79.